The van der Waals surface area contributed by atoms with Gasteiger partial charge in [0, 0.05) is 30.6 Å². The number of methoxy groups -OCH3 is 1. The number of hydrogen-bond donors (Lipinski definition) is 1. The minimum atomic E-state index is 0.200. The Bertz CT molecular complexity index is 453. The molecule has 2 unspecified atom stereocenters. The fraction of sp³-hybridized carbons (Fsp3) is 0.667. The van der Waals surface area contributed by atoms with E-state index < -0.39 is 0 Å². The Morgan fingerprint density at radius 3 is 2.84 bits per heavy atom. The highest BCUT2D eigenvalue weighted by atomic mass is 16.5. The molecule has 2 heterocycles. The molecule has 4 heteroatoms. The number of hydrogen-bond acceptors (Lipinski definition) is 3. The molecule has 0 radical (unpaired) electrons. The van der Waals surface area contributed by atoms with Crippen LogP contribution in [-0.4, -0.2) is 48.5 Å². The van der Waals surface area contributed by atoms with Gasteiger partial charge in [-0.1, -0.05) is 6.92 Å². The molecule has 2 atom stereocenters. The van der Waals surface area contributed by atoms with Gasteiger partial charge in [-0.15, -0.1) is 0 Å². The molecule has 1 aromatic rings. The number of nitrogens with one attached hydrogen (secondary N) is 1. The molecular formula is C15H24N2O2. The van der Waals surface area contributed by atoms with E-state index in [2.05, 4.69) is 16.8 Å². The van der Waals surface area contributed by atoms with Gasteiger partial charge in [-0.2, -0.15) is 0 Å². The van der Waals surface area contributed by atoms with Crippen LogP contribution in [0.2, 0.25) is 0 Å². The standard InChI is InChI=1S/C15H24N2O2/c1-10-5-6-17(9-15(10)19-4)8-14(18)13-7-11(2)16-12(13)3/h7,10,15-16H,5-6,8-9H2,1-4H3. The molecule has 1 aliphatic heterocycles. The highest BCUT2D eigenvalue weighted by molar-refractivity contribution is 5.98. The van der Waals surface area contributed by atoms with Crippen molar-refractivity contribution in [1.82, 2.24) is 9.88 Å². The molecule has 0 aliphatic carbocycles. The van der Waals surface area contributed by atoms with Gasteiger partial charge in [-0.3, -0.25) is 9.69 Å². The van der Waals surface area contributed by atoms with Crippen LogP contribution in [0.5, 0.6) is 0 Å². The quantitative estimate of drug-likeness (QED) is 0.848. The Hall–Kier alpha value is -1.13. The van der Waals surface area contributed by atoms with E-state index in [1.165, 1.54) is 0 Å². The van der Waals surface area contributed by atoms with Crippen molar-refractivity contribution in [2.24, 2.45) is 5.92 Å². The summed E-state index contributed by atoms with van der Waals surface area (Å²) in [7, 11) is 1.76. The van der Waals surface area contributed by atoms with Crippen LogP contribution in [0.3, 0.4) is 0 Å². The molecule has 0 saturated carbocycles. The lowest BCUT2D eigenvalue weighted by Gasteiger charge is -2.35. The summed E-state index contributed by atoms with van der Waals surface area (Å²) in [4.78, 5) is 17.7. The van der Waals surface area contributed by atoms with E-state index >= 15 is 0 Å². The van der Waals surface area contributed by atoms with E-state index in [1.54, 1.807) is 7.11 Å². The van der Waals surface area contributed by atoms with Gasteiger partial charge in [0.15, 0.2) is 5.78 Å². The molecule has 19 heavy (non-hydrogen) atoms. The number of aryl methyl sites for hydroxylation is 2. The molecule has 1 N–H and O–H groups in total. The number of carbonyl (C=O) groups excluding carboxylic acids is 1. The fourth-order valence-electron chi connectivity index (χ4n) is 2.85. The summed E-state index contributed by atoms with van der Waals surface area (Å²) in [6, 6.07) is 1.94. The number of piperidine rings is 1. The Balaban J connectivity index is 1.98. The number of aromatic amines is 1. The van der Waals surface area contributed by atoms with E-state index in [4.69, 9.17) is 4.74 Å². The van der Waals surface area contributed by atoms with Gasteiger partial charge < -0.3 is 9.72 Å². The maximum Gasteiger partial charge on any atom is 0.178 e. The van der Waals surface area contributed by atoms with Crippen molar-refractivity contribution >= 4 is 5.78 Å². The van der Waals surface area contributed by atoms with E-state index in [9.17, 15) is 4.79 Å². The van der Waals surface area contributed by atoms with Crippen LogP contribution in [-0.2, 0) is 4.74 Å². The predicted octanol–water partition coefficient (Wildman–Crippen LogP) is 2.17. The topological polar surface area (TPSA) is 45.3 Å². The number of likely N-dealkylation sites (tertiary alicyclic amines) is 1. The lowest BCUT2D eigenvalue weighted by atomic mass is 9.95. The average Bonchev–Trinajstić information content (AvgIpc) is 2.71. The van der Waals surface area contributed by atoms with Crippen LogP contribution in [0.1, 0.15) is 35.1 Å². The molecule has 0 spiro atoms. The van der Waals surface area contributed by atoms with E-state index in [0.717, 1.165) is 36.5 Å². The normalized spacial score (nSPS) is 24.6. The van der Waals surface area contributed by atoms with Gasteiger partial charge in [0.1, 0.15) is 0 Å². The van der Waals surface area contributed by atoms with Crippen molar-refractivity contribution < 1.29 is 9.53 Å². The molecule has 1 aliphatic rings. The van der Waals surface area contributed by atoms with Crippen LogP contribution in [0.25, 0.3) is 0 Å². The number of ketones is 1. The monoisotopic (exact) mass is 264 g/mol. The zero-order valence-electron chi connectivity index (χ0n) is 12.3. The number of H-pyrrole nitrogens is 1. The smallest absolute Gasteiger partial charge is 0.178 e. The zero-order chi connectivity index (χ0) is 14.0. The molecule has 1 aromatic heterocycles. The summed E-state index contributed by atoms with van der Waals surface area (Å²) in [6.07, 6.45) is 1.34. The fourth-order valence-corrected chi connectivity index (χ4v) is 2.85. The third kappa shape index (κ3) is 3.25. The van der Waals surface area contributed by atoms with Crippen molar-refractivity contribution in [1.29, 1.82) is 0 Å². The summed E-state index contributed by atoms with van der Waals surface area (Å²) in [5, 5.41) is 0. The van der Waals surface area contributed by atoms with Crippen LogP contribution in [0.4, 0.5) is 0 Å². The van der Waals surface area contributed by atoms with Crippen LogP contribution in [0.15, 0.2) is 6.07 Å². The first-order valence-corrected chi connectivity index (χ1v) is 6.95. The van der Waals surface area contributed by atoms with Gasteiger partial charge in [-0.05, 0) is 38.8 Å². The number of aromatic nitrogens is 1. The molecule has 106 valence electrons. The Morgan fingerprint density at radius 1 is 1.53 bits per heavy atom. The summed E-state index contributed by atoms with van der Waals surface area (Å²) in [6.45, 7) is 8.47. The summed E-state index contributed by atoms with van der Waals surface area (Å²) in [5.74, 6) is 0.777. The van der Waals surface area contributed by atoms with Crippen LogP contribution >= 0.6 is 0 Å². The van der Waals surface area contributed by atoms with Crippen molar-refractivity contribution in [2.45, 2.75) is 33.3 Å². The second kappa shape index (κ2) is 5.88. The maximum absolute atomic E-state index is 12.3. The molecule has 0 amide bonds. The summed E-state index contributed by atoms with van der Waals surface area (Å²) >= 11 is 0. The van der Waals surface area contributed by atoms with E-state index in [1.807, 2.05) is 19.9 Å². The first kappa shape index (κ1) is 14.3. The Kier molecular flexibility index (Phi) is 4.42. The molecule has 1 fully saturated rings. The lowest BCUT2D eigenvalue weighted by molar-refractivity contribution is -0.00324. The average molecular weight is 264 g/mol. The van der Waals surface area contributed by atoms with Crippen molar-refractivity contribution in [3.05, 3.63) is 23.0 Å². The van der Waals surface area contributed by atoms with E-state index in [-0.39, 0.29) is 11.9 Å². The van der Waals surface area contributed by atoms with Crippen molar-refractivity contribution in [2.75, 3.05) is 26.7 Å². The number of carbonyl (C=O) groups is 1. The zero-order valence-corrected chi connectivity index (χ0v) is 12.3. The van der Waals surface area contributed by atoms with Crippen molar-refractivity contribution in [3.8, 4) is 0 Å². The minimum absolute atomic E-state index is 0.200. The second-order valence-electron chi connectivity index (χ2n) is 5.69. The highest BCUT2D eigenvalue weighted by Crippen LogP contribution is 2.20. The summed E-state index contributed by atoms with van der Waals surface area (Å²) in [5.41, 5.74) is 2.84. The first-order chi connectivity index (χ1) is 9.01. The van der Waals surface area contributed by atoms with Gasteiger partial charge in [0.2, 0.25) is 0 Å². The molecule has 4 nitrogen and oxygen atoms in total. The largest absolute Gasteiger partial charge is 0.380 e. The number of nitrogens with zero attached hydrogens (tertiary/aromatic N) is 1. The second-order valence-corrected chi connectivity index (χ2v) is 5.69. The predicted molar refractivity (Wildman–Crippen MR) is 75.6 cm³/mol. The summed E-state index contributed by atoms with van der Waals surface area (Å²) < 4.78 is 5.49. The first-order valence-electron chi connectivity index (χ1n) is 6.95. The molecule has 1 saturated heterocycles. The Morgan fingerprint density at radius 2 is 2.26 bits per heavy atom. The molecule has 0 aromatic carbocycles. The van der Waals surface area contributed by atoms with Crippen LogP contribution in [0, 0.1) is 19.8 Å². The SMILES string of the molecule is COC1CN(CC(=O)c2cc(C)[nH]c2C)CCC1C. The van der Waals surface area contributed by atoms with Crippen LogP contribution < -0.4 is 0 Å². The van der Waals surface area contributed by atoms with E-state index in [0.29, 0.717) is 12.5 Å². The maximum atomic E-state index is 12.3. The number of ether oxygens (including phenoxy) is 1. The minimum Gasteiger partial charge on any atom is -0.380 e. The highest BCUT2D eigenvalue weighted by Gasteiger charge is 2.27. The van der Waals surface area contributed by atoms with Gasteiger partial charge in [0.05, 0.1) is 12.6 Å². The molecule has 0 bridgehead atoms. The third-order valence-corrected chi connectivity index (χ3v) is 4.09. The lowest BCUT2D eigenvalue weighted by Crippen LogP contribution is -2.45. The number of rotatable bonds is 4. The molecular weight excluding hydrogens is 240 g/mol. The number of Topliss-reactive ketones (excluding diaryl/α,β-unsaturated/α-hetero) is 1. The van der Waals surface area contributed by atoms with Crippen molar-refractivity contribution in [3.63, 3.8) is 0 Å². The van der Waals surface area contributed by atoms with Gasteiger partial charge in [0.25, 0.3) is 0 Å². The third-order valence-electron chi connectivity index (χ3n) is 4.09. The van der Waals surface area contributed by atoms with Gasteiger partial charge >= 0.3 is 0 Å². The Labute approximate surface area is 115 Å². The van der Waals surface area contributed by atoms with Gasteiger partial charge in [-0.25, -0.2) is 0 Å². The molecule has 2 rings (SSSR count).